The van der Waals surface area contributed by atoms with Gasteiger partial charge in [-0.3, -0.25) is 4.79 Å². The van der Waals surface area contributed by atoms with Gasteiger partial charge >= 0.3 is 6.18 Å². The van der Waals surface area contributed by atoms with Crippen molar-refractivity contribution in [1.82, 2.24) is 9.62 Å². The fourth-order valence-corrected chi connectivity index (χ4v) is 5.96. The topological polar surface area (TPSA) is 66.5 Å². The molecule has 0 aliphatic carbocycles. The summed E-state index contributed by atoms with van der Waals surface area (Å²) in [5.41, 5.74) is -0.579. The van der Waals surface area contributed by atoms with Crippen LogP contribution in [0.5, 0.6) is 0 Å². The van der Waals surface area contributed by atoms with Gasteiger partial charge < -0.3 is 5.32 Å². The molecule has 5 nitrogen and oxygen atoms in total. The molecule has 1 aromatic heterocycles. The number of carbonyl (C=O) groups is 1. The van der Waals surface area contributed by atoms with Crippen LogP contribution in [0.3, 0.4) is 0 Å². The number of halogens is 3. The standard InChI is InChI=1S/C20H19F3N2O3S2/c21-20(22,23)16-7-3-5-15(13-16)6-4-10-24-18(26)14-17-8-9-19(29-17)30(27,28)25-11-1-2-12-25/h3,5,7-9,13H,1-2,10-12,14H2,(H,24,26). The number of amides is 1. The molecule has 160 valence electrons. The monoisotopic (exact) mass is 456 g/mol. The molecule has 0 radical (unpaired) electrons. The van der Waals surface area contributed by atoms with Crippen LogP contribution in [0.4, 0.5) is 13.2 Å². The Balaban J connectivity index is 1.53. The van der Waals surface area contributed by atoms with Crippen LogP contribution in [0.15, 0.2) is 40.6 Å². The first kappa shape index (κ1) is 22.3. The maximum absolute atomic E-state index is 12.7. The molecule has 30 heavy (non-hydrogen) atoms. The van der Waals surface area contributed by atoms with Crippen molar-refractivity contribution in [3.63, 3.8) is 0 Å². The van der Waals surface area contributed by atoms with Gasteiger partial charge in [-0.2, -0.15) is 17.5 Å². The van der Waals surface area contributed by atoms with E-state index in [0.717, 1.165) is 36.3 Å². The maximum atomic E-state index is 12.7. The molecule has 1 aromatic carbocycles. The van der Waals surface area contributed by atoms with Gasteiger partial charge in [-0.25, -0.2) is 8.42 Å². The Morgan fingerprint density at radius 1 is 1.17 bits per heavy atom. The SMILES string of the molecule is O=C(Cc1ccc(S(=O)(=O)N2CCCC2)s1)NCC#Cc1cccc(C(F)(F)F)c1. The van der Waals surface area contributed by atoms with Crippen molar-refractivity contribution in [1.29, 1.82) is 0 Å². The summed E-state index contributed by atoms with van der Waals surface area (Å²) >= 11 is 1.06. The fourth-order valence-electron chi connectivity index (χ4n) is 2.93. The van der Waals surface area contributed by atoms with Gasteiger partial charge in [0.25, 0.3) is 10.0 Å². The number of hydrogen-bond donors (Lipinski definition) is 1. The highest BCUT2D eigenvalue weighted by molar-refractivity contribution is 7.91. The van der Waals surface area contributed by atoms with E-state index in [9.17, 15) is 26.4 Å². The molecule has 2 heterocycles. The summed E-state index contributed by atoms with van der Waals surface area (Å²) in [6.07, 6.45) is -2.73. The number of nitrogens with one attached hydrogen (secondary N) is 1. The molecule has 1 aliphatic rings. The highest BCUT2D eigenvalue weighted by atomic mass is 32.2. The average molecular weight is 457 g/mol. The Morgan fingerprint density at radius 3 is 2.60 bits per heavy atom. The van der Waals surface area contributed by atoms with Crippen LogP contribution in [0.25, 0.3) is 0 Å². The van der Waals surface area contributed by atoms with Crippen LogP contribution < -0.4 is 5.32 Å². The molecule has 1 aliphatic heterocycles. The molecule has 1 saturated heterocycles. The number of carbonyl (C=O) groups excluding carboxylic acids is 1. The minimum atomic E-state index is -4.44. The molecule has 0 saturated carbocycles. The normalized spacial score (nSPS) is 14.9. The van der Waals surface area contributed by atoms with E-state index in [1.54, 1.807) is 6.07 Å². The fraction of sp³-hybridized carbons (Fsp3) is 0.350. The molecule has 0 spiro atoms. The van der Waals surface area contributed by atoms with E-state index in [2.05, 4.69) is 17.2 Å². The van der Waals surface area contributed by atoms with Crippen LogP contribution in [0.1, 0.15) is 28.8 Å². The number of thiophene rings is 1. The van der Waals surface area contributed by atoms with E-state index in [-0.39, 0.29) is 28.6 Å². The predicted octanol–water partition coefficient (Wildman–Crippen LogP) is 3.26. The lowest BCUT2D eigenvalue weighted by Crippen LogP contribution is -2.27. The van der Waals surface area contributed by atoms with E-state index in [1.807, 2.05) is 0 Å². The number of alkyl halides is 3. The Labute approximate surface area is 177 Å². The summed E-state index contributed by atoms with van der Waals surface area (Å²) < 4.78 is 64.8. The Bertz CT molecular complexity index is 1080. The molecular weight excluding hydrogens is 437 g/mol. The zero-order chi connectivity index (χ0) is 21.8. The summed E-state index contributed by atoms with van der Waals surface area (Å²) in [4.78, 5) is 12.7. The molecule has 1 amide bonds. The molecule has 0 bridgehead atoms. The second kappa shape index (κ2) is 9.20. The molecule has 3 rings (SSSR count). The Hall–Kier alpha value is -2.35. The molecule has 1 fully saturated rings. The van der Waals surface area contributed by atoms with Crippen LogP contribution >= 0.6 is 11.3 Å². The predicted molar refractivity (Wildman–Crippen MR) is 107 cm³/mol. The lowest BCUT2D eigenvalue weighted by molar-refractivity contribution is -0.137. The van der Waals surface area contributed by atoms with Gasteiger partial charge in [0.2, 0.25) is 5.91 Å². The van der Waals surface area contributed by atoms with Crippen molar-refractivity contribution in [3.05, 3.63) is 52.4 Å². The van der Waals surface area contributed by atoms with E-state index >= 15 is 0 Å². The lowest BCUT2D eigenvalue weighted by Gasteiger charge is -2.13. The Morgan fingerprint density at radius 2 is 1.90 bits per heavy atom. The first-order valence-electron chi connectivity index (χ1n) is 9.18. The van der Waals surface area contributed by atoms with E-state index in [1.165, 1.54) is 22.5 Å². The molecule has 0 unspecified atom stereocenters. The van der Waals surface area contributed by atoms with Crippen molar-refractivity contribution in [2.75, 3.05) is 19.6 Å². The van der Waals surface area contributed by atoms with Gasteiger partial charge in [0.05, 0.1) is 18.5 Å². The summed E-state index contributed by atoms with van der Waals surface area (Å²) in [6, 6.07) is 7.76. The molecule has 0 atom stereocenters. The quantitative estimate of drug-likeness (QED) is 0.703. The molecule has 2 aromatic rings. The van der Waals surface area contributed by atoms with Crippen molar-refractivity contribution < 1.29 is 26.4 Å². The second-order valence-corrected chi connectivity index (χ2v) is 10.00. The van der Waals surface area contributed by atoms with Crippen LogP contribution in [-0.4, -0.2) is 38.3 Å². The minimum absolute atomic E-state index is 0.00538. The third-order valence-electron chi connectivity index (χ3n) is 4.43. The summed E-state index contributed by atoms with van der Waals surface area (Å²) in [5, 5.41) is 2.56. The zero-order valence-electron chi connectivity index (χ0n) is 15.8. The van der Waals surface area contributed by atoms with Crippen molar-refractivity contribution in [2.24, 2.45) is 0 Å². The highest BCUT2D eigenvalue weighted by Crippen LogP contribution is 2.29. The first-order valence-corrected chi connectivity index (χ1v) is 11.4. The number of sulfonamides is 1. The largest absolute Gasteiger partial charge is 0.416 e. The van der Waals surface area contributed by atoms with Crippen molar-refractivity contribution in [3.8, 4) is 11.8 Å². The van der Waals surface area contributed by atoms with Gasteiger partial charge in [0.1, 0.15) is 4.21 Å². The number of rotatable bonds is 5. The van der Waals surface area contributed by atoms with Crippen LogP contribution in [0, 0.1) is 11.8 Å². The third-order valence-corrected chi connectivity index (χ3v) is 7.88. The van der Waals surface area contributed by atoms with E-state index in [0.29, 0.717) is 18.0 Å². The van der Waals surface area contributed by atoms with E-state index in [4.69, 9.17) is 0 Å². The molecular formula is C20H19F3N2O3S2. The molecule has 1 N–H and O–H groups in total. The average Bonchev–Trinajstić information content (AvgIpc) is 3.37. The Kier molecular flexibility index (Phi) is 6.85. The highest BCUT2D eigenvalue weighted by Gasteiger charge is 2.30. The zero-order valence-corrected chi connectivity index (χ0v) is 17.5. The number of nitrogens with zero attached hydrogens (tertiary/aromatic N) is 1. The van der Waals surface area contributed by atoms with Gasteiger partial charge in [-0.15, -0.1) is 11.3 Å². The van der Waals surface area contributed by atoms with Gasteiger partial charge in [-0.05, 0) is 43.2 Å². The van der Waals surface area contributed by atoms with Crippen LogP contribution in [-0.2, 0) is 27.4 Å². The van der Waals surface area contributed by atoms with Gasteiger partial charge in [0.15, 0.2) is 0 Å². The molecule has 10 heteroatoms. The number of benzene rings is 1. The van der Waals surface area contributed by atoms with E-state index < -0.39 is 21.8 Å². The third kappa shape index (κ3) is 5.62. The van der Waals surface area contributed by atoms with Crippen molar-refractivity contribution >= 4 is 27.3 Å². The van der Waals surface area contributed by atoms with Gasteiger partial charge in [-0.1, -0.05) is 17.9 Å². The summed E-state index contributed by atoms with van der Waals surface area (Å²) in [6.45, 7) is 1.00. The first-order chi connectivity index (χ1) is 14.2. The summed E-state index contributed by atoms with van der Waals surface area (Å²) in [5.74, 6) is 4.85. The van der Waals surface area contributed by atoms with Gasteiger partial charge in [0, 0.05) is 23.5 Å². The second-order valence-electron chi connectivity index (χ2n) is 6.67. The summed E-state index contributed by atoms with van der Waals surface area (Å²) in [7, 11) is -3.50. The minimum Gasteiger partial charge on any atom is -0.345 e. The number of hydrogen-bond acceptors (Lipinski definition) is 4. The lowest BCUT2D eigenvalue weighted by atomic mass is 10.1. The maximum Gasteiger partial charge on any atom is 0.416 e. The smallest absolute Gasteiger partial charge is 0.345 e. The van der Waals surface area contributed by atoms with Crippen LogP contribution in [0.2, 0.25) is 0 Å². The van der Waals surface area contributed by atoms with Crippen molar-refractivity contribution in [2.45, 2.75) is 29.6 Å².